The topological polar surface area (TPSA) is 124 Å². The van der Waals surface area contributed by atoms with E-state index in [4.69, 9.17) is 25.7 Å². The van der Waals surface area contributed by atoms with Gasteiger partial charge in [-0.2, -0.15) is 0 Å². The predicted octanol–water partition coefficient (Wildman–Crippen LogP) is 5.76. The molecule has 1 aliphatic heterocycles. The Labute approximate surface area is 250 Å². The number of hydrogen-bond donors (Lipinski definition) is 2. The van der Waals surface area contributed by atoms with Crippen molar-refractivity contribution in [3.63, 3.8) is 0 Å². The summed E-state index contributed by atoms with van der Waals surface area (Å²) >= 11 is 0. The molecule has 0 radical (unpaired) electrons. The normalized spacial score (nSPS) is 16.0. The van der Waals surface area contributed by atoms with Crippen molar-refractivity contribution in [2.45, 2.75) is 65.6 Å². The summed E-state index contributed by atoms with van der Waals surface area (Å²) in [5.74, 6) is 0.282. The number of carbonyl (C=O) groups is 2. The third-order valence-corrected chi connectivity index (χ3v) is 6.78. The largest absolute Gasteiger partial charge is 0.508 e. The molecule has 1 heterocycles. The Morgan fingerprint density at radius 3 is 2.00 bits per heavy atom. The monoisotopic (exact) mass is 583 g/mol. The van der Waals surface area contributed by atoms with E-state index in [0.717, 1.165) is 50.4 Å². The van der Waals surface area contributed by atoms with Gasteiger partial charge in [-0.05, 0) is 115 Å². The number of carbonyl (C=O) groups excluding carboxylic acids is 2. The Kier molecular flexibility index (Phi) is 11.3. The fraction of sp³-hybridized carbons (Fsp3) is 0.562. The molecule has 1 unspecified atom stereocenters. The van der Waals surface area contributed by atoms with Crippen LogP contribution in [0.3, 0.4) is 0 Å². The van der Waals surface area contributed by atoms with Gasteiger partial charge in [-0.25, -0.2) is 9.59 Å². The van der Waals surface area contributed by atoms with Crippen LogP contribution in [0.5, 0.6) is 0 Å². The average molecular weight is 584 g/mol. The fourth-order valence-corrected chi connectivity index (χ4v) is 4.85. The summed E-state index contributed by atoms with van der Waals surface area (Å²) in [5.41, 5.74) is 13.7. The Morgan fingerprint density at radius 1 is 0.857 bits per heavy atom. The number of nitrogens with two attached hydrogens (primary N) is 2. The van der Waals surface area contributed by atoms with Gasteiger partial charge in [-0.1, -0.05) is 0 Å². The van der Waals surface area contributed by atoms with Crippen molar-refractivity contribution >= 4 is 35.0 Å². The number of rotatable bonds is 10. The molecule has 4 N–H and O–H groups in total. The molecular weight excluding hydrogens is 534 g/mol. The van der Waals surface area contributed by atoms with Crippen LogP contribution in [0.4, 0.5) is 32.3 Å². The molecule has 1 amide bonds. The predicted molar refractivity (Wildman–Crippen MR) is 169 cm³/mol. The molecule has 1 fully saturated rings. The number of piperidine rings is 1. The highest BCUT2D eigenvalue weighted by Crippen LogP contribution is 2.25. The second-order valence-corrected chi connectivity index (χ2v) is 12.9. The van der Waals surface area contributed by atoms with Gasteiger partial charge >= 0.3 is 12.2 Å². The first-order chi connectivity index (χ1) is 19.7. The first-order valence-electron chi connectivity index (χ1n) is 14.7. The van der Waals surface area contributed by atoms with Crippen molar-refractivity contribution in [3.8, 4) is 0 Å². The van der Waals surface area contributed by atoms with Crippen molar-refractivity contribution in [1.29, 1.82) is 0 Å². The standard InChI is InChI=1S/C32H49N5O5/c1-31(2,3)41-29(38)37(28-15-11-26(34)12-16-28)23-24-8-7-17-35(22-24)18-19-36(27-13-9-25(33)10-14-27)20-21-40-30(39)42-32(4,5)6/h9-16,24H,7-8,17-23,33-34H2,1-6H3. The van der Waals surface area contributed by atoms with Crippen LogP contribution in [0.2, 0.25) is 0 Å². The molecule has 10 heteroatoms. The minimum Gasteiger partial charge on any atom is -0.443 e. The highest BCUT2D eigenvalue weighted by Gasteiger charge is 2.29. The van der Waals surface area contributed by atoms with Crippen molar-refractivity contribution in [3.05, 3.63) is 48.5 Å². The summed E-state index contributed by atoms with van der Waals surface area (Å²) in [4.78, 5) is 31.6. The van der Waals surface area contributed by atoms with E-state index in [1.54, 1.807) is 17.0 Å². The molecule has 0 bridgehead atoms. The number of ether oxygens (including phenoxy) is 3. The summed E-state index contributed by atoms with van der Waals surface area (Å²) in [6.07, 6.45) is 1.03. The Balaban J connectivity index is 1.63. The molecule has 0 saturated carbocycles. The highest BCUT2D eigenvalue weighted by atomic mass is 16.7. The number of likely N-dealkylation sites (tertiary alicyclic amines) is 1. The minimum atomic E-state index is -0.672. The number of anilines is 4. The summed E-state index contributed by atoms with van der Waals surface area (Å²) in [7, 11) is 0. The Hall–Kier alpha value is -3.66. The lowest BCUT2D eigenvalue weighted by molar-refractivity contribution is -0.00603. The highest BCUT2D eigenvalue weighted by molar-refractivity contribution is 5.88. The maximum atomic E-state index is 13.2. The molecule has 232 valence electrons. The maximum Gasteiger partial charge on any atom is 0.508 e. The molecule has 1 saturated heterocycles. The van der Waals surface area contributed by atoms with Crippen molar-refractivity contribution in [1.82, 2.24) is 4.90 Å². The first kappa shape index (κ1) is 32.8. The van der Waals surface area contributed by atoms with Crippen LogP contribution in [-0.4, -0.2) is 74.2 Å². The van der Waals surface area contributed by atoms with Crippen molar-refractivity contribution in [2.24, 2.45) is 5.92 Å². The fourth-order valence-electron chi connectivity index (χ4n) is 4.85. The van der Waals surface area contributed by atoms with Gasteiger partial charge in [0, 0.05) is 48.9 Å². The lowest BCUT2D eigenvalue weighted by Gasteiger charge is -2.37. The van der Waals surface area contributed by atoms with Gasteiger partial charge in [0.15, 0.2) is 0 Å². The van der Waals surface area contributed by atoms with Gasteiger partial charge in [0.1, 0.15) is 17.8 Å². The van der Waals surface area contributed by atoms with Crippen LogP contribution in [0, 0.1) is 5.92 Å². The van der Waals surface area contributed by atoms with Gasteiger partial charge in [0.2, 0.25) is 0 Å². The van der Waals surface area contributed by atoms with E-state index in [1.165, 1.54) is 0 Å². The van der Waals surface area contributed by atoms with Crippen LogP contribution >= 0.6 is 0 Å². The molecule has 42 heavy (non-hydrogen) atoms. The van der Waals surface area contributed by atoms with Gasteiger partial charge < -0.3 is 35.5 Å². The summed E-state index contributed by atoms with van der Waals surface area (Å²) < 4.78 is 16.4. The van der Waals surface area contributed by atoms with Gasteiger partial charge in [0.25, 0.3) is 0 Å². The molecule has 0 aliphatic carbocycles. The molecule has 0 spiro atoms. The minimum absolute atomic E-state index is 0.203. The zero-order chi connectivity index (χ0) is 30.9. The molecule has 1 atom stereocenters. The van der Waals surface area contributed by atoms with Crippen LogP contribution in [0.15, 0.2) is 48.5 Å². The summed E-state index contributed by atoms with van der Waals surface area (Å²) in [6, 6.07) is 15.0. The van der Waals surface area contributed by atoms with Crippen molar-refractivity contribution < 1.29 is 23.8 Å². The van der Waals surface area contributed by atoms with Crippen LogP contribution < -0.4 is 21.3 Å². The third kappa shape index (κ3) is 11.3. The van der Waals surface area contributed by atoms with E-state index >= 15 is 0 Å². The number of benzene rings is 2. The lowest BCUT2D eigenvalue weighted by Crippen LogP contribution is -2.46. The van der Waals surface area contributed by atoms with Crippen molar-refractivity contribution in [2.75, 3.05) is 67.1 Å². The molecule has 10 nitrogen and oxygen atoms in total. The van der Waals surface area contributed by atoms with E-state index in [2.05, 4.69) is 9.80 Å². The van der Waals surface area contributed by atoms with Gasteiger partial charge in [0.05, 0.1) is 6.54 Å². The second kappa shape index (κ2) is 14.5. The van der Waals surface area contributed by atoms with Crippen LogP contribution in [0.1, 0.15) is 54.4 Å². The molecular formula is C32H49N5O5. The van der Waals surface area contributed by atoms with E-state index in [9.17, 15) is 9.59 Å². The number of hydrogen-bond acceptors (Lipinski definition) is 9. The molecule has 2 aromatic rings. The molecule has 2 aromatic carbocycles. The molecule has 3 rings (SSSR count). The summed E-state index contributed by atoms with van der Waals surface area (Å²) in [6.45, 7) is 15.7. The second-order valence-electron chi connectivity index (χ2n) is 12.9. The van der Waals surface area contributed by atoms with E-state index in [1.807, 2.05) is 77.9 Å². The summed E-state index contributed by atoms with van der Waals surface area (Å²) in [5, 5.41) is 0. The van der Waals surface area contributed by atoms with Crippen LogP contribution in [0.25, 0.3) is 0 Å². The SMILES string of the molecule is CC(C)(C)OC(=O)OCCN(CCN1CCCC(CN(C(=O)OC(C)(C)C)c2ccc(N)cc2)C1)c1ccc(N)cc1. The van der Waals surface area contributed by atoms with E-state index in [-0.39, 0.29) is 18.6 Å². The Bertz CT molecular complexity index is 1140. The quantitative estimate of drug-likeness (QED) is 0.265. The Morgan fingerprint density at radius 2 is 1.43 bits per heavy atom. The number of amides is 1. The third-order valence-electron chi connectivity index (χ3n) is 6.78. The molecule has 1 aliphatic rings. The number of nitrogens with zero attached hydrogens (tertiary/aromatic N) is 3. The average Bonchev–Trinajstić information content (AvgIpc) is 2.88. The first-order valence-corrected chi connectivity index (χ1v) is 14.7. The zero-order valence-corrected chi connectivity index (χ0v) is 26.1. The maximum absolute atomic E-state index is 13.2. The van der Waals surface area contributed by atoms with E-state index < -0.39 is 17.4 Å². The molecule has 0 aromatic heterocycles. The number of nitrogen functional groups attached to an aromatic ring is 2. The van der Waals surface area contributed by atoms with Gasteiger partial charge in [-0.3, -0.25) is 4.90 Å². The van der Waals surface area contributed by atoms with Crippen LogP contribution in [-0.2, 0) is 14.2 Å². The van der Waals surface area contributed by atoms with Gasteiger partial charge in [-0.15, -0.1) is 0 Å². The van der Waals surface area contributed by atoms with E-state index in [0.29, 0.717) is 24.5 Å². The smallest absolute Gasteiger partial charge is 0.443 e. The zero-order valence-electron chi connectivity index (χ0n) is 26.1. The lowest BCUT2D eigenvalue weighted by atomic mass is 9.97.